The van der Waals surface area contributed by atoms with Crippen molar-refractivity contribution in [3.05, 3.63) is 0 Å². The van der Waals surface area contributed by atoms with Gasteiger partial charge in [0.25, 0.3) is 0 Å². The Labute approximate surface area is 88.0 Å². The average molecular weight is 200 g/mol. The minimum absolute atomic E-state index is 0.299. The van der Waals surface area contributed by atoms with E-state index in [1.807, 2.05) is 0 Å². The van der Waals surface area contributed by atoms with Gasteiger partial charge in [-0.2, -0.15) is 0 Å². The average Bonchev–Trinajstić information content (AvgIpc) is 2.13. The lowest BCUT2D eigenvalue weighted by molar-refractivity contribution is -0.118. The predicted octanol–water partition coefficient (Wildman–Crippen LogP) is 2.91. The van der Waals surface area contributed by atoms with Crippen molar-refractivity contribution in [3.63, 3.8) is 0 Å². The monoisotopic (exact) mass is 200 g/mol. The molecule has 3 atom stereocenters. The maximum Gasteiger partial charge on any atom is 0.130 e. The van der Waals surface area contributed by atoms with E-state index < -0.39 is 0 Å². The van der Waals surface area contributed by atoms with Crippen LogP contribution in [0.15, 0.2) is 0 Å². The first kappa shape index (κ1) is 13.6. The number of carbonyl (C=O) groups excluding carboxylic acids is 1. The molecule has 0 aliphatic heterocycles. The first-order chi connectivity index (χ1) is 6.52. The standard InChI is InChI=1S/C12H24O2/c1-6-12(7-10(3)13)11(4)9(2)8-14-5/h9,11-12H,6-8H2,1-5H3/t9?,11?,12-/m1/s1. The molecule has 0 N–H and O–H groups in total. The molecule has 0 spiro atoms. The summed E-state index contributed by atoms with van der Waals surface area (Å²) in [4.78, 5) is 11.1. The van der Waals surface area contributed by atoms with E-state index in [0.29, 0.717) is 30.0 Å². The van der Waals surface area contributed by atoms with Crippen LogP contribution < -0.4 is 0 Å². The minimum Gasteiger partial charge on any atom is -0.384 e. The van der Waals surface area contributed by atoms with Gasteiger partial charge < -0.3 is 9.53 Å². The fourth-order valence-electron chi connectivity index (χ4n) is 1.95. The summed E-state index contributed by atoms with van der Waals surface area (Å²) in [5.74, 6) is 1.90. The zero-order valence-electron chi connectivity index (χ0n) is 10.2. The Morgan fingerprint density at radius 3 is 2.29 bits per heavy atom. The van der Waals surface area contributed by atoms with E-state index in [9.17, 15) is 4.79 Å². The van der Waals surface area contributed by atoms with Gasteiger partial charge in [0.1, 0.15) is 5.78 Å². The lowest BCUT2D eigenvalue weighted by Gasteiger charge is -2.27. The molecule has 0 aromatic heterocycles. The maximum absolute atomic E-state index is 11.1. The lowest BCUT2D eigenvalue weighted by Crippen LogP contribution is -2.23. The van der Waals surface area contributed by atoms with Crippen LogP contribution in [0.5, 0.6) is 0 Å². The molecule has 0 aromatic rings. The van der Waals surface area contributed by atoms with E-state index in [2.05, 4.69) is 20.8 Å². The highest BCUT2D eigenvalue weighted by molar-refractivity contribution is 5.75. The molecule has 0 rings (SSSR count). The minimum atomic E-state index is 0.299. The number of ketones is 1. The Bertz CT molecular complexity index is 166. The number of carbonyl (C=O) groups is 1. The number of Topliss-reactive ketones (excluding diaryl/α,β-unsaturated/α-hetero) is 1. The molecule has 0 saturated carbocycles. The van der Waals surface area contributed by atoms with Gasteiger partial charge in [-0.15, -0.1) is 0 Å². The molecule has 0 aliphatic carbocycles. The number of ether oxygens (including phenoxy) is 1. The topological polar surface area (TPSA) is 26.3 Å². The quantitative estimate of drug-likeness (QED) is 0.631. The first-order valence-corrected chi connectivity index (χ1v) is 5.51. The molecule has 2 heteroatoms. The van der Waals surface area contributed by atoms with Crippen LogP contribution >= 0.6 is 0 Å². The van der Waals surface area contributed by atoms with Crippen LogP contribution in [0.3, 0.4) is 0 Å². The smallest absolute Gasteiger partial charge is 0.130 e. The molecule has 0 bridgehead atoms. The molecule has 0 aliphatic rings. The van der Waals surface area contributed by atoms with E-state index in [-0.39, 0.29) is 0 Å². The SMILES string of the molecule is CC[C@H](CC(C)=O)C(C)C(C)COC. The zero-order valence-corrected chi connectivity index (χ0v) is 10.2. The third kappa shape index (κ3) is 4.75. The van der Waals surface area contributed by atoms with Crippen LogP contribution in [0.2, 0.25) is 0 Å². The van der Waals surface area contributed by atoms with Crippen LogP contribution in [0.1, 0.15) is 40.5 Å². The maximum atomic E-state index is 11.1. The number of methoxy groups -OCH3 is 1. The van der Waals surface area contributed by atoms with Gasteiger partial charge in [-0.1, -0.05) is 27.2 Å². The van der Waals surface area contributed by atoms with Gasteiger partial charge in [-0.3, -0.25) is 0 Å². The number of rotatable bonds is 7. The van der Waals surface area contributed by atoms with Crippen molar-refractivity contribution in [1.29, 1.82) is 0 Å². The van der Waals surface area contributed by atoms with Gasteiger partial charge in [0.2, 0.25) is 0 Å². The van der Waals surface area contributed by atoms with E-state index >= 15 is 0 Å². The highest BCUT2D eigenvalue weighted by atomic mass is 16.5. The fourth-order valence-corrected chi connectivity index (χ4v) is 1.95. The molecule has 0 heterocycles. The molecule has 0 aromatic carbocycles. The van der Waals surface area contributed by atoms with E-state index in [1.165, 1.54) is 0 Å². The Balaban J connectivity index is 4.14. The normalized spacial score (nSPS) is 17.5. The molecular weight excluding hydrogens is 176 g/mol. The Morgan fingerprint density at radius 1 is 1.36 bits per heavy atom. The van der Waals surface area contributed by atoms with Crippen molar-refractivity contribution in [2.75, 3.05) is 13.7 Å². The summed E-state index contributed by atoms with van der Waals surface area (Å²) in [7, 11) is 1.73. The summed E-state index contributed by atoms with van der Waals surface area (Å²) in [6.45, 7) is 9.04. The van der Waals surface area contributed by atoms with Crippen molar-refractivity contribution >= 4 is 5.78 Å². The fraction of sp³-hybridized carbons (Fsp3) is 0.917. The van der Waals surface area contributed by atoms with Crippen molar-refractivity contribution in [3.8, 4) is 0 Å². The lowest BCUT2D eigenvalue weighted by atomic mass is 9.80. The molecule has 0 saturated heterocycles. The highest BCUT2D eigenvalue weighted by Crippen LogP contribution is 2.26. The molecule has 0 amide bonds. The van der Waals surface area contributed by atoms with Gasteiger partial charge in [-0.05, 0) is 24.7 Å². The molecule has 2 unspecified atom stereocenters. The summed E-state index contributed by atoms with van der Waals surface area (Å²) in [6, 6.07) is 0. The van der Waals surface area contributed by atoms with Gasteiger partial charge >= 0.3 is 0 Å². The van der Waals surface area contributed by atoms with Gasteiger partial charge in [0, 0.05) is 20.1 Å². The van der Waals surface area contributed by atoms with Crippen LogP contribution in [0, 0.1) is 17.8 Å². The Morgan fingerprint density at radius 2 is 1.93 bits per heavy atom. The number of hydrogen-bond donors (Lipinski definition) is 0. The van der Waals surface area contributed by atoms with Crippen LogP contribution in [-0.2, 0) is 9.53 Å². The molecule has 2 nitrogen and oxygen atoms in total. The van der Waals surface area contributed by atoms with E-state index in [4.69, 9.17) is 4.74 Å². The van der Waals surface area contributed by atoms with Crippen molar-refractivity contribution in [2.24, 2.45) is 17.8 Å². The molecule has 0 radical (unpaired) electrons. The summed E-state index contributed by atoms with van der Waals surface area (Å²) >= 11 is 0. The molecular formula is C12H24O2. The zero-order chi connectivity index (χ0) is 11.1. The molecule has 14 heavy (non-hydrogen) atoms. The molecule has 84 valence electrons. The van der Waals surface area contributed by atoms with Crippen LogP contribution in [0.4, 0.5) is 0 Å². The van der Waals surface area contributed by atoms with Gasteiger partial charge in [-0.25, -0.2) is 0 Å². The second-order valence-electron chi connectivity index (χ2n) is 4.37. The van der Waals surface area contributed by atoms with Crippen LogP contribution in [0.25, 0.3) is 0 Å². The second-order valence-corrected chi connectivity index (χ2v) is 4.37. The largest absolute Gasteiger partial charge is 0.384 e. The Hall–Kier alpha value is -0.370. The summed E-state index contributed by atoms with van der Waals surface area (Å²) < 4.78 is 5.14. The predicted molar refractivity (Wildman–Crippen MR) is 59.3 cm³/mol. The first-order valence-electron chi connectivity index (χ1n) is 5.51. The second kappa shape index (κ2) is 6.99. The summed E-state index contributed by atoms with van der Waals surface area (Å²) in [5.41, 5.74) is 0. The summed E-state index contributed by atoms with van der Waals surface area (Å²) in [5, 5.41) is 0. The third-order valence-corrected chi connectivity index (χ3v) is 3.14. The molecule has 0 fully saturated rings. The van der Waals surface area contributed by atoms with Crippen molar-refractivity contribution in [2.45, 2.75) is 40.5 Å². The van der Waals surface area contributed by atoms with E-state index in [0.717, 1.165) is 13.0 Å². The van der Waals surface area contributed by atoms with Crippen molar-refractivity contribution in [1.82, 2.24) is 0 Å². The van der Waals surface area contributed by atoms with Gasteiger partial charge in [0.15, 0.2) is 0 Å². The Kier molecular flexibility index (Phi) is 6.81. The number of hydrogen-bond acceptors (Lipinski definition) is 2. The third-order valence-electron chi connectivity index (χ3n) is 3.14. The van der Waals surface area contributed by atoms with E-state index in [1.54, 1.807) is 14.0 Å². The van der Waals surface area contributed by atoms with Crippen molar-refractivity contribution < 1.29 is 9.53 Å². The summed E-state index contributed by atoms with van der Waals surface area (Å²) in [6.07, 6.45) is 1.79. The van der Waals surface area contributed by atoms with Crippen LogP contribution in [-0.4, -0.2) is 19.5 Å². The highest BCUT2D eigenvalue weighted by Gasteiger charge is 2.22. The van der Waals surface area contributed by atoms with Gasteiger partial charge in [0.05, 0.1) is 0 Å².